The van der Waals surface area contributed by atoms with Gasteiger partial charge in [-0.05, 0) is 19.3 Å². The van der Waals surface area contributed by atoms with Crippen molar-refractivity contribution in [3.05, 3.63) is 12.2 Å². The van der Waals surface area contributed by atoms with E-state index in [0.29, 0.717) is 17.4 Å². The van der Waals surface area contributed by atoms with E-state index < -0.39 is 18.0 Å². The number of rotatable bonds is 16. The van der Waals surface area contributed by atoms with Crippen LogP contribution < -0.4 is 5.11 Å². The average molecular weight is 386 g/mol. The van der Waals surface area contributed by atoms with Gasteiger partial charge in [0.2, 0.25) is 0 Å². The molecule has 0 amide bonds. The molecule has 0 aliphatic heterocycles. The molecular formula is C20H35NO6. The summed E-state index contributed by atoms with van der Waals surface area (Å²) in [6.45, 7) is 0.431. The van der Waals surface area contributed by atoms with Gasteiger partial charge in [-0.1, -0.05) is 37.8 Å². The number of carboxylic acids is 2. The number of hydrogen-bond acceptors (Lipinski definition) is 5. The molecule has 0 spiro atoms. The van der Waals surface area contributed by atoms with E-state index in [2.05, 4.69) is 0 Å². The number of esters is 1. The molecule has 0 saturated heterocycles. The third kappa shape index (κ3) is 18.7. The normalized spacial score (nSPS) is 12.9. The number of unbranched alkanes of at least 4 members (excludes halogenated alkanes) is 6. The monoisotopic (exact) mass is 385 g/mol. The summed E-state index contributed by atoms with van der Waals surface area (Å²) in [6, 6.07) is 0. The van der Waals surface area contributed by atoms with Crippen LogP contribution in [0.25, 0.3) is 0 Å². The van der Waals surface area contributed by atoms with Gasteiger partial charge >= 0.3 is 11.9 Å². The summed E-state index contributed by atoms with van der Waals surface area (Å²) >= 11 is 0. The lowest BCUT2D eigenvalue weighted by atomic mass is 10.1. The Bertz CT molecular complexity index is 481. The maximum Gasteiger partial charge on any atom is 0.307 e. The van der Waals surface area contributed by atoms with Crippen LogP contribution in [0.5, 0.6) is 0 Å². The average Bonchev–Trinajstić information content (AvgIpc) is 2.49. The van der Waals surface area contributed by atoms with Crippen LogP contribution in [0.1, 0.15) is 64.2 Å². The zero-order valence-corrected chi connectivity index (χ0v) is 16.9. The summed E-state index contributed by atoms with van der Waals surface area (Å²) in [5.74, 6) is -2.37. The SMILES string of the molecule is C[N+](C)(C)CC(CC(=O)[O-])OC(=O)CCCCCCCC/C=C/CC(=O)O. The molecule has 0 aromatic carbocycles. The Morgan fingerprint density at radius 2 is 1.59 bits per heavy atom. The topological polar surface area (TPSA) is 104 Å². The minimum atomic E-state index is -1.21. The van der Waals surface area contributed by atoms with E-state index in [-0.39, 0.29) is 18.8 Å². The number of nitrogens with zero attached hydrogens (tertiary/aromatic N) is 1. The highest BCUT2D eigenvalue weighted by atomic mass is 16.5. The van der Waals surface area contributed by atoms with E-state index in [1.54, 1.807) is 6.08 Å². The molecule has 27 heavy (non-hydrogen) atoms. The van der Waals surface area contributed by atoms with Gasteiger partial charge in [-0.2, -0.15) is 0 Å². The lowest BCUT2D eigenvalue weighted by Gasteiger charge is -2.29. The molecule has 1 atom stereocenters. The Balaban J connectivity index is 3.78. The van der Waals surface area contributed by atoms with Gasteiger partial charge in [-0.25, -0.2) is 0 Å². The molecule has 0 fully saturated rings. The second-order valence-corrected chi connectivity index (χ2v) is 7.89. The van der Waals surface area contributed by atoms with Crippen LogP contribution in [0, 0.1) is 0 Å². The van der Waals surface area contributed by atoms with Gasteiger partial charge in [0.1, 0.15) is 6.54 Å². The molecule has 0 aromatic heterocycles. The molecular weight excluding hydrogens is 350 g/mol. The van der Waals surface area contributed by atoms with E-state index in [1.807, 2.05) is 27.2 Å². The summed E-state index contributed by atoms with van der Waals surface area (Å²) < 4.78 is 5.82. The Morgan fingerprint density at radius 1 is 1.00 bits per heavy atom. The highest BCUT2D eigenvalue weighted by Gasteiger charge is 2.22. The van der Waals surface area contributed by atoms with Gasteiger partial charge < -0.3 is 24.2 Å². The molecule has 0 aromatic rings. The quantitative estimate of drug-likeness (QED) is 0.188. The Kier molecular flexibility index (Phi) is 13.2. The lowest BCUT2D eigenvalue weighted by molar-refractivity contribution is -0.873. The molecule has 7 heteroatoms. The summed E-state index contributed by atoms with van der Waals surface area (Å²) in [7, 11) is 5.74. The predicted octanol–water partition coefficient (Wildman–Crippen LogP) is 1.90. The van der Waals surface area contributed by atoms with Crippen LogP contribution in [0.4, 0.5) is 0 Å². The molecule has 1 unspecified atom stereocenters. The number of carbonyl (C=O) groups excluding carboxylic acids is 2. The number of aliphatic carboxylic acids is 2. The third-order valence-electron chi connectivity index (χ3n) is 3.90. The van der Waals surface area contributed by atoms with Gasteiger partial charge in [-0.3, -0.25) is 9.59 Å². The Morgan fingerprint density at radius 3 is 2.15 bits per heavy atom. The molecule has 0 radical (unpaired) electrons. The number of ether oxygens (including phenoxy) is 1. The van der Waals surface area contributed by atoms with Crippen LogP contribution >= 0.6 is 0 Å². The van der Waals surface area contributed by atoms with Crippen LogP contribution in [0.2, 0.25) is 0 Å². The standard InChI is InChI=1S/C20H35NO6/c1-21(2,3)16-17(15-19(24)25)27-20(26)14-12-10-8-6-4-5-7-9-11-13-18(22)23/h9,11,17H,4-8,10,12-16H2,1-3H3,(H-,22,23,24,25)/b11-9+. The van der Waals surface area contributed by atoms with E-state index >= 15 is 0 Å². The van der Waals surface area contributed by atoms with Crippen molar-refractivity contribution in [2.24, 2.45) is 0 Å². The van der Waals surface area contributed by atoms with Crippen molar-refractivity contribution in [3.8, 4) is 0 Å². The van der Waals surface area contributed by atoms with Gasteiger partial charge in [0.15, 0.2) is 6.10 Å². The van der Waals surface area contributed by atoms with Crippen molar-refractivity contribution >= 4 is 17.9 Å². The second-order valence-electron chi connectivity index (χ2n) is 7.89. The van der Waals surface area contributed by atoms with Crippen LogP contribution in [-0.2, 0) is 19.1 Å². The number of quaternary nitrogens is 1. The molecule has 0 aliphatic carbocycles. The van der Waals surface area contributed by atoms with Crippen molar-refractivity contribution in [2.75, 3.05) is 27.7 Å². The fourth-order valence-corrected chi connectivity index (χ4v) is 2.73. The van der Waals surface area contributed by atoms with Crippen LogP contribution in [-0.4, -0.2) is 61.3 Å². The minimum absolute atomic E-state index is 0.0781. The number of likely N-dealkylation sites (N-methyl/N-ethyl adjacent to an activating group) is 1. The predicted molar refractivity (Wildman–Crippen MR) is 101 cm³/mol. The van der Waals surface area contributed by atoms with Gasteiger partial charge in [0.25, 0.3) is 0 Å². The Hall–Kier alpha value is -1.89. The first kappa shape index (κ1) is 25.1. The molecule has 156 valence electrons. The molecule has 0 rings (SSSR count). The zero-order valence-electron chi connectivity index (χ0n) is 16.9. The summed E-state index contributed by atoms with van der Waals surface area (Å²) in [5.41, 5.74) is 0. The molecule has 0 heterocycles. The Labute approximate surface area is 162 Å². The third-order valence-corrected chi connectivity index (χ3v) is 3.90. The van der Waals surface area contributed by atoms with Crippen molar-refractivity contribution in [1.82, 2.24) is 0 Å². The summed E-state index contributed by atoms with van der Waals surface area (Å²) in [4.78, 5) is 33.1. The zero-order chi connectivity index (χ0) is 20.7. The van der Waals surface area contributed by atoms with Crippen molar-refractivity contribution in [2.45, 2.75) is 70.3 Å². The first-order valence-corrected chi connectivity index (χ1v) is 9.66. The van der Waals surface area contributed by atoms with Gasteiger partial charge in [0.05, 0.1) is 27.6 Å². The number of carbonyl (C=O) groups is 3. The largest absolute Gasteiger partial charge is 0.550 e. The van der Waals surface area contributed by atoms with Crippen LogP contribution in [0.15, 0.2) is 12.2 Å². The highest BCUT2D eigenvalue weighted by Crippen LogP contribution is 2.11. The lowest BCUT2D eigenvalue weighted by Crippen LogP contribution is -2.45. The van der Waals surface area contributed by atoms with Crippen LogP contribution in [0.3, 0.4) is 0 Å². The van der Waals surface area contributed by atoms with E-state index in [1.165, 1.54) is 0 Å². The maximum absolute atomic E-state index is 11.9. The molecule has 0 saturated carbocycles. The molecule has 0 aliphatic rings. The summed E-state index contributed by atoms with van der Waals surface area (Å²) in [6.07, 6.45) is 9.84. The number of carboxylic acid groups (broad SMARTS) is 2. The van der Waals surface area contributed by atoms with Gasteiger partial charge in [0, 0.05) is 18.8 Å². The maximum atomic E-state index is 11.9. The minimum Gasteiger partial charge on any atom is -0.550 e. The fraction of sp³-hybridized carbons (Fsp3) is 0.750. The first-order valence-electron chi connectivity index (χ1n) is 9.66. The van der Waals surface area contributed by atoms with Gasteiger partial charge in [-0.15, -0.1) is 0 Å². The fourth-order valence-electron chi connectivity index (χ4n) is 2.73. The number of hydrogen-bond donors (Lipinski definition) is 1. The molecule has 7 nitrogen and oxygen atoms in total. The van der Waals surface area contributed by atoms with Crippen molar-refractivity contribution in [1.29, 1.82) is 0 Å². The van der Waals surface area contributed by atoms with E-state index in [4.69, 9.17) is 9.84 Å². The smallest absolute Gasteiger partial charge is 0.307 e. The first-order chi connectivity index (χ1) is 12.6. The second kappa shape index (κ2) is 14.2. The number of allylic oxidation sites excluding steroid dienone is 1. The summed E-state index contributed by atoms with van der Waals surface area (Å²) in [5, 5.41) is 19.3. The highest BCUT2D eigenvalue weighted by molar-refractivity contribution is 5.70. The van der Waals surface area contributed by atoms with E-state index in [0.717, 1.165) is 44.9 Å². The molecule has 1 N–H and O–H groups in total. The van der Waals surface area contributed by atoms with Crippen molar-refractivity contribution < 1.29 is 33.8 Å². The van der Waals surface area contributed by atoms with E-state index in [9.17, 15) is 19.5 Å². The van der Waals surface area contributed by atoms with Crippen molar-refractivity contribution in [3.63, 3.8) is 0 Å². The molecule has 0 bridgehead atoms.